The van der Waals surface area contributed by atoms with Crippen LogP contribution < -0.4 is 15.4 Å². The van der Waals surface area contributed by atoms with Crippen molar-refractivity contribution < 1.29 is 9.53 Å². The van der Waals surface area contributed by atoms with Crippen molar-refractivity contribution in [2.24, 2.45) is 0 Å². The van der Waals surface area contributed by atoms with Crippen molar-refractivity contribution in [1.82, 2.24) is 5.32 Å². The van der Waals surface area contributed by atoms with Crippen molar-refractivity contribution in [3.05, 3.63) is 59.2 Å². The van der Waals surface area contributed by atoms with Crippen molar-refractivity contribution in [3.63, 3.8) is 0 Å². The lowest BCUT2D eigenvalue weighted by Gasteiger charge is -2.24. The minimum absolute atomic E-state index is 0.00359. The first-order chi connectivity index (χ1) is 12.9. The molecule has 0 aliphatic carbocycles. The molecule has 0 aromatic heterocycles. The largest absolute Gasteiger partial charge is 0.496 e. The highest BCUT2D eigenvalue weighted by atomic mass is 16.5. The standard InChI is InChI=1S/C23H30N2O2/c1-23(2,3)17-11-12-19(21(15-17)27-4)22(26)25-18-9-7-8-16(14-18)20-10-5-6-13-24-20/h7-9,11-12,14-15,20,24H,5-6,10,13H2,1-4H3,(H,25,26). The molecule has 0 saturated carbocycles. The number of carbonyl (C=O) groups excluding carboxylic acids is 1. The predicted molar refractivity (Wildman–Crippen MR) is 111 cm³/mol. The molecule has 1 aliphatic heterocycles. The molecule has 1 atom stereocenters. The molecular formula is C23H30N2O2. The number of piperidine rings is 1. The third kappa shape index (κ3) is 4.69. The molecule has 0 bridgehead atoms. The van der Waals surface area contributed by atoms with Gasteiger partial charge in [0.1, 0.15) is 5.75 Å². The summed E-state index contributed by atoms with van der Waals surface area (Å²) in [7, 11) is 1.61. The number of hydrogen-bond donors (Lipinski definition) is 2. The van der Waals surface area contributed by atoms with Gasteiger partial charge < -0.3 is 15.4 Å². The van der Waals surface area contributed by atoms with Gasteiger partial charge in [-0.2, -0.15) is 0 Å². The second kappa shape index (κ2) is 8.13. The number of benzene rings is 2. The van der Waals surface area contributed by atoms with E-state index in [2.05, 4.69) is 43.5 Å². The Bertz CT molecular complexity index is 802. The van der Waals surface area contributed by atoms with E-state index in [-0.39, 0.29) is 11.3 Å². The summed E-state index contributed by atoms with van der Waals surface area (Å²) in [4.78, 5) is 12.8. The molecule has 1 unspecified atom stereocenters. The summed E-state index contributed by atoms with van der Waals surface area (Å²) in [5, 5.41) is 6.58. The smallest absolute Gasteiger partial charge is 0.259 e. The average molecular weight is 367 g/mol. The monoisotopic (exact) mass is 366 g/mol. The van der Waals surface area contributed by atoms with E-state index in [0.29, 0.717) is 17.4 Å². The molecule has 1 heterocycles. The van der Waals surface area contributed by atoms with Gasteiger partial charge in [0.05, 0.1) is 12.7 Å². The Kier molecular flexibility index (Phi) is 5.85. The Morgan fingerprint density at radius 1 is 1.15 bits per heavy atom. The lowest BCUT2D eigenvalue weighted by molar-refractivity contribution is 0.102. The zero-order chi connectivity index (χ0) is 19.4. The van der Waals surface area contributed by atoms with Crippen LogP contribution in [0, 0.1) is 0 Å². The van der Waals surface area contributed by atoms with E-state index in [0.717, 1.165) is 24.2 Å². The van der Waals surface area contributed by atoms with E-state index in [4.69, 9.17) is 4.74 Å². The number of hydrogen-bond acceptors (Lipinski definition) is 3. The van der Waals surface area contributed by atoms with Crippen LogP contribution >= 0.6 is 0 Å². The highest BCUT2D eigenvalue weighted by Crippen LogP contribution is 2.30. The summed E-state index contributed by atoms with van der Waals surface area (Å²) < 4.78 is 5.49. The number of ether oxygens (including phenoxy) is 1. The molecule has 1 amide bonds. The Hall–Kier alpha value is -2.33. The molecule has 4 nitrogen and oxygen atoms in total. The van der Waals surface area contributed by atoms with Crippen LogP contribution in [0.15, 0.2) is 42.5 Å². The van der Waals surface area contributed by atoms with Crippen LogP contribution in [0.1, 0.15) is 67.6 Å². The molecule has 1 aliphatic rings. The molecule has 144 valence electrons. The van der Waals surface area contributed by atoms with E-state index in [1.807, 2.05) is 30.3 Å². The number of rotatable bonds is 4. The second-order valence-electron chi connectivity index (χ2n) is 8.25. The van der Waals surface area contributed by atoms with Crippen molar-refractivity contribution in [3.8, 4) is 5.75 Å². The molecule has 2 aromatic carbocycles. The maximum atomic E-state index is 12.8. The molecule has 2 aromatic rings. The number of methoxy groups -OCH3 is 1. The maximum Gasteiger partial charge on any atom is 0.259 e. The fraction of sp³-hybridized carbons (Fsp3) is 0.435. The van der Waals surface area contributed by atoms with Gasteiger partial charge in [-0.05, 0) is 60.2 Å². The Balaban J connectivity index is 1.79. The zero-order valence-electron chi connectivity index (χ0n) is 16.8. The first kappa shape index (κ1) is 19.4. The first-order valence-electron chi connectivity index (χ1n) is 9.72. The zero-order valence-corrected chi connectivity index (χ0v) is 16.8. The van der Waals surface area contributed by atoms with E-state index in [1.165, 1.54) is 18.4 Å². The van der Waals surface area contributed by atoms with Crippen LogP contribution in [0.25, 0.3) is 0 Å². The topological polar surface area (TPSA) is 50.4 Å². The van der Waals surface area contributed by atoms with Crippen LogP contribution in [-0.4, -0.2) is 19.6 Å². The van der Waals surface area contributed by atoms with Gasteiger partial charge in [-0.1, -0.05) is 45.4 Å². The van der Waals surface area contributed by atoms with Crippen LogP contribution in [0.3, 0.4) is 0 Å². The molecule has 3 rings (SSSR count). The number of anilines is 1. The van der Waals surface area contributed by atoms with Gasteiger partial charge in [-0.15, -0.1) is 0 Å². The lowest BCUT2D eigenvalue weighted by Crippen LogP contribution is -2.26. The highest BCUT2D eigenvalue weighted by Gasteiger charge is 2.20. The summed E-state index contributed by atoms with van der Waals surface area (Å²) in [5.41, 5.74) is 3.73. The SMILES string of the molecule is COc1cc(C(C)(C)C)ccc1C(=O)Nc1cccc(C2CCCCN2)c1. The van der Waals surface area contributed by atoms with Crippen LogP contribution in [-0.2, 0) is 5.41 Å². The molecule has 4 heteroatoms. The molecule has 1 fully saturated rings. The fourth-order valence-corrected chi connectivity index (χ4v) is 3.51. The number of nitrogens with one attached hydrogen (secondary N) is 2. The average Bonchev–Trinajstić information content (AvgIpc) is 2.67. The van der Waals surface area contributed by atoms with E-state index in [9.17, 15) is 4.79 Å². The molecule has 0 radical (unpaired) electrons. The van der Waals surface area contributed by atoms with Gasteiger partial charge in [-0.3, -0.25) is 4.79 Å². The predicted octanol–water partition coefficient (Wildman–Crippen LogP) is 5.06. The minimum atomic E-state index is -0.152. The van der Waals surface area contributed by atoms with Gasteiger partial charge in [0.15, 0.2) is 0 Å². The van der Waals surface area contributed by atoms with Crippen molar-refractivity contribution in [1.29, 1.82) is 0 Å². The molecule has 2 N–H and O–H groups in total. The van der Waals surface area contributed by atoms with Gasteiger partial charge in [-0.25, -0.2) is 0 Å². The van der Waals surface area contributed by atoms with E-state index in [1.54, 1.807) is 7.11 Å². The Labute approximate surface area is 162 Å². The van der Waals surface area contributed by atoms with Gasteiger partial charge in [0.25, 0.3) is 5.91 Å². The summed E-state index contributed by atoms with van der Waals surface area (Å²) in [5.74, 6) is 0.450. The van der Waals surface area contributed by atoms with Crippen molar-refractivity contribution in [2.75, 3.05) is 19.0 Å². The van der Waals surface area contributed by atoms with Gasteiger partial charge in [0.2, 0.25) is 0 Å². The van der Waals surface area contributed by atoms with Crippen molar-refractivity contribution in [2.45, 2.75) is 51.5 Å². The van der Waals surface area contributed by atoms with Crippen molar-refractivity contribution >= 4 is 11.6 Å². The van der Waals surface area contributed by atoms with Gasteiger partial charge in [0, 0.05) is 11.7 Å². The van der Waals surface area contributed by atoms with Crippen LogP contribution in [0.4, 0.5) is 5.69 Å². The highest BCUT2D eigenvalue weighted by molar-refractivity contribution is 6.06. The number of carbonyl (C=O) groups is 1. The quantitative estimate of drug-likeness (QED) is 0.795. The molecule has 0 spiro atoms. The van der Waals surface area contributed by atoms with Gasteiger partial charge >= 0.3 is 0 Å². The fourth-order valence-electron chi connectivity index (χ4n) is 3.51. The summed E-state index contributed by atoms with van der Waals surface area (Å²) in [6.45, 7) is 7.49. The Morgan fingerprint density at radius 2 is 1.96 bits per heavy atom. The Morgan fingerprint density at radius 3 is 2.63 bits per heavy atom. The summed E-state index contributed by atoms with van der Waals surface area (Å²) >= 11 is 0. The lowest BCUT2D eigenvalue weighted by atomic mass is 9.86. The first-order valence-corrected chi connectivity index (χ1v) is 9.72. The number of amides is 1. The summed E-state index contributed by atoms with van der Waals surface area (Å²) in [6, 6.07) is 14.3. The molecule has 27 heavy (non-hydrogen) atoms. The third-order valence-electron chi connectivity index (χ3n) is 5.17. The third-order valence-corrected chi connectivity index (χ3v) is 5.17. The van der Waals surface area contributed by atoms with Crippen LogP contribution in [0.5, 0.6) is 5.75 Å². The van der Waals surface area contributed by atoms with E-state index >= 15 is 0 Å². The molecule has 1 saturated heterocycles. The summed E-state index contributed by atoms with van der Waals surface area (Å²) in [6.07, 6.45) is 3.61. The molecular weight excluding hydrogens is 336 g/mol. The van der Waals surface area contributed by atoms with Crippen LogP contribution in [0.2, 0.25) is 0 Å². The maximum absolute atomic E-state index is 12.8. The van der Waals surface area contributed by atoms with E-state index < -0.39 is 0 Å². The minimum Gasteiger partial charge on any atom is -0.496 e. The second-order valence-corrected chi connectivity index (χ2v) is 8.25. The normalized spacial score (nSPS) is 17.4.